The van der Waals surface area contributed by atoms with Crippen molar-refractivity contribution in [3.63, 3.8) is 0 Å². The van der Waals surface area contributed by atoms with Crippen LogP contribution in [0.25, 0.3) is 6.08 Å². The maximum atomic E-state index is 4.19. The molecule has 0 fully saturated rings. The zero-order valence-corrected chi connectivity index (χ0v) is 8.71. The zero-order chi connectivity index (χ0) is 8.81. The fourth-order valence-corrected chi connectivity index (χ4v) is 1.12. The first-order valence-corrected chi connectivity index (χ1v) is 5.10. The van der Waals surface area contributed by atoms with E-state index in [1.54, 1.807) is 0 Å². The van der Waals surface area contributed by atoms with Gasteiger partial charge in [0.25, 0.3) is 0 Å². The van der Waals surface area contributed by atoms with Crippen molar-refractivity contribution in [3.8, 4) is 0 Å². The van der Waals surface area contributed by atoms with Gasteiger partial charge in [-0.25, -0.2) is 0 Å². The van der Waals surface area contributed by atoms with Crippen LogP contribution in [0.5, 0.6) is 0 Å². The first-order chi connectivity index (χ1) is 5.83. The summed E-state index contributed by atoms with van der Waals surface area (Å²) >= 11 is 3.37. The van der Waals surface area contributed by atoms with Crippen molar-refractivity contribution < 1.29 is 0 Å². The van der Waals surface area contributed by atoms with E-state index in [0.29, 0.717) is 0 Å². The molecule has 1 aromatic heterocycles. The van der Waals surface area contributed by atoms with Gasteiger partial charge in [-0.05, 0) is 25.0 Å². The maximum Gasteiger partial charge on any atom is 0.0373 e. The average molecular weight is 226 g/mol. The van der Waals surface area contributed by atoms with Gasteiger partial charge in [-0.15, -0.1) is 0 Å². The molecule has 0 radical (unpaired) electrons. The Morgan fingerprint density at radius 2 is 2.33 bits per heavy atom. The van der Waals surface area contributed by atoms with Gasteiger partial charge in [0.15, 0.2) is 0 Å². The molecule has 0 aromatic carbocycles. The fourth-order valence-electron chi connectivity index (χ4n) is 0.860. The average Bonchev–Trinajstić information content (AvgIpc) is 2.09. The van der Waals surface area contributed by atoms with Crippen molar-refractivity contribution in [2.24, 2.45) is 0 Å². The summed E-state index contributed by atoms with van der Waals surface area (Å²) in [6.45, 7) is 1.99. The smallest absolute Gasteiger partial charge is 0.0373 e. The van der Waals surface area contributed by atoms with Gasteiger partial charge in [-0.3, -0.25) is 4.98 Å². The standard InChI is InChI=1S/C10H12BrN/c1-9-5-6-10(8-12-9)4-2-3-7-11/h2,4-6,8H,3,7H2,1H3. The third-order valence-electron chi connectivity index (χ3n) is 1.52. The van der Waals surface area contributed by atoms with Crippen molar-refractivity contribution >= 4 is 22.0 Å². The molecule has 0 spiro atoms. The quantitative estimate of drug-likeness (QED) is 0.721. The Balaban J connectivity index is 2.58. The van der Waals surface area contributed by atoms with E-state index in [0.717, 1.165) is 17.4 Å². The molecule has 0 saturated heterocycles. The molecule has 1 heterocycles. The van der Waals surface area contributed by atoms with E-state index in [-0.39, 0.29) is 0 Å². The van der Waals surface area contributed by atoms with Crippen LogP contribution >= 0.6 is 15.9 Å². The van der Waals surface area contributed by atoms with Crippen LogP contribution in [0.15, 0.2) is 24.4 Å². The van der Waals surface area contributed by atoms with Gasteiger partial charge in [-0.2, -0.15) is 0 Å². The molecular weight excluding hydrogens is 214 g/mol. The van der Waals surface area contributed by atoms with E-state index in [4.69, 9.17) is 0 Å². The summed E-state index contributed by atoms with van der Waals surface area (Å²) in [7, 11) is 0. The predicted octanol–water partition coefficient (Wildman–Crippen LogP) is 3.19. The van der Waals surface area contributed by atoms with Gasteiger partial charge >= 0.3 is 0 Å². The largest absolute Gasteiger partial charge is 0.261 e. The van der Waals surface area contributed by atoms with Crippen molar-refractivity contribution in [3.05, 3.63) is 35.7 Å². The highest BCUT2D eigenvalue weighted by atomic mass is 79.9. The number of allylic oxidation sites excluding steroid dienone is 1. The molecule has 1 aromatic rings. The van der Waals surface area contributed by atoms with E-state index >= 15 is 0 Å². The summed E-state index contributed by atoms with van der Waals surface area (Å²) in [6.07, 6.45) is 7.18. The number of halogens is 1. The van der Waals surface area contributed by atoms with Crippen molar-refractivity contribution in [2.75, 3.05) is 5.33 Å². The lowest BCUT2D eigenvalue weighted by Crippen LogP contribution is -1.79. The van der Waals surface area contributed by atoms with Gasteiger partial charge in [0.05, 0.1) is 0 Å². The first kappa shape index (κ1) is 9.46. The minimum absolute atomic E-state index is 1.02. The number of hydrogen-bond acceptors (Lipinski definition) is 1. The third-order valence-corrected chi connectivity index (χ3v) is 1.98. The highest BCUT2D eigenvalue weighted by molar-refractivity contribution is 9.09. The molecule has 0 saturated carbocycles. The third kappa shape index (κ3) is 3.18. The summed E-state index contributed by atoms with van der Waals surface area (Å²) in [5.41, 5.74) is 2.23. The van der Waals surface area contributed by atoms with Crippen LogP contribution in [0.2, 0.25) is 0 Å². The molecule has 0 amide bonds. The van der Waals surface area contributed by atoms with Gasteiger partial charge in [0.2, 0.25) is 0 Å². The zero-order valence-electron chi connectivity index (χ0n) is 7.13. The van der Waals surface area contributed by atoms with Crippen LogP contribution in [0.3, 0.4) is 0 Å². The molecule has 0 N–H and O–H groups in total. The van der Waals surface area contributed by atoms with Gasteiger partial charge in [0, 0.05) is 17.2 Å². The second-order valence-corrected chi connectivity index (χ2v) is 3.41. The Morgan fingerprint density at radius 3 is 2.92 bits per heavy atom. The number of pyridine rings is 1. The van der Waals surface area contributed by atoms with Gasteiger partial charge < -0.3 is 0 Å². The Bertz CT molecular complexity index is 251. The van der Waals surface area contributed by atoms with Gasteiger partial charge in [-0.1, -0.05) is 34.1 Å². The lowest BCUT2D eigenvalue weighted by Gasteiger charge is -1.92. The molecule has 1 nitrogen and oxygen atoms in total. The number of aryl methyl sites for hydroxylation is 1. The molecule has 0 aliphatic rings. The molecule has 0 atom stereocenters. The molecule has 0 bridgehead atoms. The molecule has 0 unspecified atom stereocenters. The van der Waals surface area contributed by atoms with Crippen LogP contribution in [0.1, 0.15) is 17.7 Å². The van der Waals surface area contributed by atoms with Crippen LogP contribution in [-0.2, 0) is 0 Å². The fraction of sp³-hybridized carbons (Fsp3) is 0.300. The van der Waals surface area contributed by atoms with E-state index in [9.17, 15) is 0 Å². The Morgan fingerprint density at radius 1 is 1.50 bits per heavy atom. The summed E-state index contributed by atoms with van der Waals surface area (Å²) < 4.78 is 0. The lowest BCUT2D eigenvalue weighted by molar-refractivity contribution is 1.19. The van der Waals surface area contributed by atoms with Gasteiger partial charge in [0.1, 0.15) is 0 Å². The van der Waals surface area contributed by atoms with Crippen LogP contribution in [0.4, 0.5) is 0 Å². The number of rotatable bonds is 3. The summed E-state index contributed by atoms with van der Waals surface area (Å²) in [5, 5.41) is 1.02. The van der Waals surface area contributed by atoms with Crippen molar-refractivity contribution in [1.29, 1.82) is 0 Å². The monoisotopic (exact) mass is 225 g/mol. The molecule has 0 aliphatic heterocycles. The number of alkyl halides is 1. The predicted molar refractivity (Wildman–Crippen MR) is 56.4 cm³/mol. The normalized spacial score (nSPS) is 10.8. The van der Waals surface area contributed by atoms with E-state index in [2.05, 4.69) is 39.1 Å². The molecule has 2 heteroatoms. The number of hydrogen-bond donors (Lipinski definition) is 0. The molecular formula is C10H12BrN. The Kier molecular flexibility index (Phi) is 4.01. The van der Waals surface area contributed by atoms with Crippen molar-refractivity contribution in [1.82, 2.24) is 4.98 Å². The number of nitrogens with zero attached hydrogens (tertiary/aromatic N) is 1. The highest BCUT2D eigenvalue weighted by Crippen LogP contribution is 2.02. The maximum absolute atomic E-state index is 4.19. The van der Waals surface area contributed by atoms with E-state index in [1.807, 2.05) is 19.2 Å². The second kappa shape index (κ2) is 5.09. The first-order valence-electron chi connectivity index (χ1n) is 3.98. The molecule has 12 heavy (non-hydrogen) atoms. The van der Waals surface area contributed by atoms with Crippen LogP contribution < -0.4 is 0 Å². The lowest BCUT2D eigenvalue weighted by atomic mass is 10.2. The van der Waals surface area contributed by atoms with Crippen LogP contribution in [0, 0.1) is 6.92 Å². The Labute approximate surface area is 81.7 Å². The van der Waals surface area contributed by atoms with E-state index in [1.165, 1.54) is 5.56 Å². The van der Waals surface area contributed by atoms with Crippen LogP contribution in [-0.4, -0.2) is 10.3 Å². The number of aromatic nitrogens is 1. The summed E-state index contributed by atoms with van der Waals surface area (Å²) in [6, 6.07) is 4.10. The molecule has 1 rings (SSSR count). The topological polar surface area (TPSA) is 12.9 Å². The van der Waals surface area contributed by atoms with Crippen molar-refractivity contribution in [2.45, 2.75) is 13.3 Å². The summed E-state index contributed by atoms with van der Waals surface area (Å²) in [4.78, 5) is 4.19. The SMILES string of the molecule is Cc1ccc(C=CCCBr)cn1. The second-order valence-electron chi connectivity index (χ2n) is 2.61. The summed E-state index contributed by atoms with van der Waals surface area (Å²) in [5.74, 6) is 0. The Hall–Kier alpha value is -0.630. The minimum atomic E-state index is 1.02. The van der Waals surface area contributed by atoms with E-state index < -0.39 is 0 Å². The minimum Gasteiger partial charge on any atom is -0.261 e. The molecule has 64 valence electrons. The highest BCUT2D eigenvalue weighted by Gasteiger charge is 1.86. The molecule has 0 aliphatic carbocycles.